The van der Waals surface area contributed by atoms with Crippen LogP contribution in [0.5, 0.6) is 0 Å². The zero-order valence-corrected chi connectivity index (χ0v) is 37.2. The molecule has 3 atom stereocenters. The summed E-state index contributed by atoms with van der Waals surface area (Å²) < 4.78 is 26.8. The van der Waals surface area contributed by atoms with Gasteiger partial charge in [0.1, 0.15) is 12.7 Å². The summed E-state index contributed by atoms with van der Waals surface area (Å²) >= 11 is 0. The van der Waals surface area contributed by atoms with Crippen LogP contribution in [0.2, 0.25) is 0 Å². The van der Waals surface area contributed by atoms with Crippen molar-refractivity contribution in [1.82, 2.24) is 5.32 Å². The summed E-state index contributed by atoms with van der Waals surface area (Å²) in [6.45, 7) is 2.40. The van der Waals surface area contributed by atoms with E-state index in [0.717, 1.165) is 57.8 Å². The molecule has 0 rings (SSSR count). The van der Waals surface area contributed by atoms with Gasteiger partial charge in [-0.2, -0.15) is 0 Å². The number of nitrogens with one attached hydrogen (secondary N) is 1. The Bertz CT molecular complexity index is 1320. The van der Waals surface area contributed by atoms with E-state index in [4.69, 9.17) is 13.8 Å². The summed E-state index contributed by atoms with van der Waals surface area (Å²) in [6, 6.07) is -1.61. The molecule has 0 aromatic heterocycles. The number of aliphatic hydroxyl groups excluding tert-OH is 1. The molecular formula is C47H78NO10P. The molecule has 0 saturated heterocycles. The van der Waals surface area contributed by atoms with Crippen LogP contribution >= 0.6 is 7.82 Å². The highest BCUT2D eigenvalue weighted by atomic mass is 31.2. The van der Waals surface area contributed by atoms with Gasteiger partial charge in [0.2, 0.25) is 5.91 Å². The smallest absolute Gasteiger partial charge is 0.472 e. The fraction of sp³-hybridized carbons (Fsp3) is 0.638. The summed E-state index contributed by atoms with van der Waals surface area (Å²) in [6.07, 6.45) is 50.7. The van der Waals surface area contributed by atoms with Crippen LogP contribution in [0, 0.1) is 0 Å². The standard InChI is InChI=1S/C47H78NO10P/c1-3-5-7-9-11-13-15-17-19-20-21-22-23-24-25-26-28-30-32-34-36-38-45(50)48-44(47(52)53)42-58-59(54,55)57-41-43(49)40-56-46(51)39-37-35-33-31-29-27-18-16-14-12-10-8-6-4-2/h5,7,11,13,17,19,21-22,24-25,28,30,34,36,43-44,49H,3-4,6,8-10,12,14-16,18,20,23,26-27,29,31-33,35,37-42H2,1-2H3,(H,48,50)(H,52,53)(H,54,55)/b7-5-,13-11-,19-17-,22-21-,25-24-,30-28-,36-34-. The first kappa shape index (κ1) is 55.7. The molecular weight excluding hydrogens is 769 g/mol. The van der Waals surface area contributed by atoms with E-state index >= 15 is 0 Å². The third kappa shape index (κ3) is 41.2. The summed E-state index contributed by atoms with van der Waals surface area (Å²) in [5.41, 5.74) is 0. The number of carbonyl (C=O) groups is 3. The fourth-order valence-corrected chi connectivity index (χ4v) is 6.34. The van der Waals surface area contributed by atoms with Crippen LogP contribution in [0.3, 0.4) is 0 Å². The van der Waals surface area contributed by atoms with E-state index in [0.29, 0.717) is 12.8 Å². The monoisotopic (exact) mass is 848 g/mol. The van der Waals surface area contributed by atoms with E-state index in [2.05, 4.69) is 79.9 Å². The van der Waals surface area contributed by atoms with E-state index in [-0.39, 0.29) is 12.8 Å². The number of aliphatic carboxylic acids is 1. The Labute approximate surface area is 356 Å². The molecule has 0 spiro atoms. The van der Waals surface area contributed by atoms with E-state index in [1.807, 2.05) is 12.2 Å². The predicted molar refractivity (Wildman–Crippen MR) is 240 cm³/mol. The first-order chi connectivity index (χ1) is 28.6. The van der Waals surface area contributed by atoms with Crippen molar-refractivity contribution in [2.45, 2.75) is 174 Å². The van der Waals surface area contributed by atoms with Gasteiger partial charge in [0.15, 0.2) is 6.04 Å². The topological polar surface area (TPSA) is 169 Å². The van der Waals surface area contributed by atoms with Crippen LogP contribution in [0.4, 0.5) is 0 Å². The Morgan fingerprint density at radius 1 is 0.559 bits per heavy atom. The molecule has 59 heavy (non-hydrogen) atoms. The largest absolute Gasteiger partial charge is 0.480 e. The van der Waals surface area contributed by atoms with Gasteiger partial charge in [-0.3, -0.25) is 18.6 Å². The zero-order chi connectivity index (χ0) is 43.5. The molecule has 0 heterocycles. The van der Waals surface area contributed by atoms with Crippen LogP contribution in [0.15, 0.2) is 85.1 Å². The van der Waals surface area contributed by atoms with Crippen molar-refractivity contribution in [2.24, 2.45) is 0 Å². The summed E-state index contributed by atoms with van der Waals surface area (Å²) in [4.78, 5) is 45.8. The summed E-state index contributed by atoms with van der Waals surface area (Å²) in [5, 5.41) is 21.7. The lowest BCUT2D eigenvalue weighted by Gasteiger charge is -2.18. The van der Waals surface area contributed by atoms with Crippen LogP contribution in [-0.4, -0.2) is 64.9 Å². The minimum Gasteiger partial charge on any atom is -0.480 e. The molecule has 4 N–H and O–H groups in total. The average Bonchev–Trinajstić information content (AvgIpc) is 3.21. The number of carboxylic acids is 1. The number of ether oxygens (including phenoxy) is 1. The number of phosphoric acid groups is 1. The lowest BCUT2D eigenvalue weighted by molar-refractivity contribution is -0.147. The lowest BCUT2D eigenvalue weighted by Crippen LogP contribution is -2.43. The van der Waals surface area contributed by atoms with Gasteiger partial charge in [-0.05, 0) is 51.4 Å². The van der Waals surface area contributed by atoms with Crippen molar-refractivity contribution in [3.8, 4) is 0 Å². The van der Waals surface area contributed by atoms with Gasteiger partial charge in [0.25, 0.3) is 0 Å². The van der Waals surface area contributed by atoms with Gasteiger partial charge in [-0.15, -0.1) is 0 Å². The highest BCUT2D eigenvalue weighted by molar-refractivity contribution is 7.47. The quantitative estimate of drug-likeness (QED) is 0.0201. The highest BCUT2D eigenvalue weighted by Crippen LogP contribution is 2.43. The zero-order valence-electron chi connectivity index (χ0n) is 36.3. The molecule has 3 unspecified atom stereocenters. The van der Waals surface area contributed by atoms with Gasteiger partial charge in [-0.25, -0.2) is 9.36 Å². The third-order valence-electron chi connectivity index (χ3n) is 8.98. The Balaban J connectivity index is 4.06. The highest BCUT2D eigenvalue weighted by Gasteiger charge is 2.28. The first-order valence-corrected chi connectivity index (χ1v) is 23.6. The molecule has 0 radical (unpaired) electrons. The van der Waals surface area contributed by atoms with Crippen LogP contribution < -0.4 is 5.32 Å². The number of rotatable bonds is 40. The second kappa shape index (κ2) is 41.4. The molecule has 0 aromatic carbocycles. The number of allylic oxidation sites excluding steroid dienone is 13. The molecule has 0 saturated carbocycles. The van der Waals surface area contributed by atoms with Crippen LogP contribution in [0.1, 0.15) is 162 Å². The first-order valence-electron chi connectivity index (χ1n) is 22.1. The molecule has 0 bridgehead atoms. The van der Waals surface area contributed by atoms with E-state index < -0.39 is 57.6 Å². The Morgan fingerprint density at radius 3 is 1.37 bits per heavy atom. The van der Waals surface area contributed by atoms with Crippen molar-refractivity contribution in [2.75, 3.05) is 19.8 Å². The number of hydrogen-bond donors (Lipinski definition) is 4. The minimum absolute atomic E-state index is 0.0933. The van der Waals surface area contributed by atoms with E-state index in [9.17, 15) is 34.1 Å². The average molecular weight is 848 g/mol. The summed E-state index contributed by atoms with van der Waals surface area (Å²) in [5.74, 6) is -2.55. The maximum Gasteiger partial charge on any atom is 0.472 e. The van der Waals surface area contributed by atoms with Gasteiger partial charge in [0.05, 0.1) is 13.2 Å². The molecule has 0 aliphatic carbocycles. The van der Waals surface area contributed by atoms with Crippen molar-refractivity contribution >= 4 is 25.7 Å². The van der Waals surface area contributed by atoms with Gasteiger partial charge in [-0.1, -0.05) is 182 Å². The molecule has 0 fully saturated rings. The van der Waals surface area contributed by atoms with Gasteiger partial charge >= 0.3 is 19.8 Å². The molecule has 0 aliphatic rings. The van der Waals surface area contributed by atoms with Crippen LogP contribution in [0.25, 0.3) is 0 Å². The van der Waals surface area contributed by atoms with Crippen molar-refractivity contribution in [1.29, 1.82) is 0 Å². The number of hydrogen-bond acceptors (Lipinski definition) is 8. The SMILES string of the molecule is CC/C=C\C/C=C\C/C=C\C/C=C\C/C=C\C/C=C\C/C=C\CC(=O)NC(COP(=O)(O)OCC(O)COC(=O)CCCCCCCCCCCCCCCC)C(=O)O. The molecule has 1 amide bonds. The van der Waals surface area contributed by atoms with E-state index in [1.165, 1.54) is 64.2 Å². The normalized spacial score (nSPS) is 14.5. The number of phosphoric ester groups is 1. The molecule has 0 aliphatic heterocycles. The number of aliphatic hydroxyl groups is 1. The Kier molecular flexibility index (Phi) is 39.1. The maximum atomic E-state index is 12.3. The number of unbranched alkanes of at least 4 members (excludes halogenated alkanes) is 13. The summed E-state index contributed by atoms with van der Waals surface area (Å²) in [7, 11) is -4.79. The van der Waals surface area contributed by atoms with Gasteiger partial charge in [0, 0.05) is 12.8 Å². The Morgan fingerprint density at radius 2 is 0.949 bits per heavy atom. The minimum atomic E-state index is -4.79. The molecule has 0 aromatic rings. The van der Waals surface area contributed by atoms with Gasteiger partial charge < -0.3 is 25.2 Å². The van der Waals surface area contributed by atoms with Crippen molar-refractivity contribution in [3.05, 3.63) is 85.1 Å². The molecule has 336 valence electrons. The molecule has 11 nitrogen and oxygen atoms in total. The fourth-order valence-electron chi connectivity index (χ4n) is 5.57. The second-order valence-corrected chi connectivity index (χ2v) is 16.0. The van der Waals surface area contributed by atoms with Crippen molar-refractivity contribution in [3.63, 3.8) is 0 Å². The van der Waals surface area contributed by atoms with Crippen molar-refractivity contribution < 1.29 is 47.8 Å². The number of carbonyl (C=O) groups excluding carboxylic acids is 2. The molecule has 12 heteroatoms. The number of amides is 1. The third-order valence-corrected chi connectivity index (χ3v) is 9.93. The lowest BCUT2D eigenvalue weighted by atomic mass is 10.0. The number of carboxylic acid groups (broad SMARTS) is 1. The Hall–Kier alpha value is -3.34. The number of esters is 1. The second-order valence-electron chi connectivity index (χ2n) is 14.5. The predicted octanol–water partition coefficient (Wildman–Crippen LogP) is 11.5. The van der Waals surface area contributed by atoms with Crippen LogP contribution in [-0.2, 0) is 32.7 Å². The maximum absolute atomic E-state index is 12.3. The van der Waals surface area contributed by atoms with E-state index in [1.54, 1.807) is 12.2 Å².